The highest BCUT2D eigenvalue weighted by molar-refractivity contribution is 6.05. The van der Waals surface area contributed by atoms with E-state index in [9.17, 15) is 19.7 Å². The van der Waals surface area contributed by atoms with Crippen molar-refractivity contribution in [3.8, 4) is 17.2 Å². The van der Waals surface area contributed by atoms with Crippen LogP contribution in [0.15, 0.2) is 54.6 Å². The molecule has 2 aliphatic rings. The third-order valence-corrected chi connectivity index (χ3v) is 6.96. The third kappa shape index (κ3) is 4.00. The van der Waals surface area contributed by atoms with Gasteiger partial charge in [-0.15, -0.1) is 0 Å². The second kappa shape index (κ2) is 9.45. The number of amides is 2. The molecule has 2 atom stereocenters. The van der Waals surface area contributed by atoms with Crippen molar-refractivity contribution in [2.75, 3.05) is 33.2 Å². The van der Waals surface area contributed by atoms with Gasteiger partial charge in [0.05, 0.1) is 43.9 Å². The molecule has 0 radical (unpaired) electrons. The second-order valence-electron chi connectivity index (χ2n) is 8.80. The van der Waals surface area contributed by atoms with E-state index >= 15 is 0 Å². The fourth-order valence-electron chi connectivity index (χ4n) is 5.25. The number of hydrogen-bond donors (Lipinski definition) is 1. The van der Waals surface area contributed by atoms with Gasteiger partial charge in [-0.3, -0.25) is 19.7 Å². The molecule has 5 rings (SSSR count). The first-order valence-electron chi connectivity index (χ1n) is 11.7. The summed E-state index contributed by atoms with van der Waals surface area (Å²) >= 11 is 0. The molecule has 0 fully saturated rings. The van der Waals surface area contributed by atoms with Gasteiger partial charge in [-0.2, -0.15) is 0 Å². The van der Waals surface area contributed by atoms with E-state index in [4.69, 9.17) is 14.2 Å². The van der Waals surface area contributed by atoms with E-state index in [1.807, 2.05) is 24.3 Å². The van der Waals surface area contributed by atoms with Crippen LogP contribution < -0.4 is 19.5 Å². The minimum atomic E-state index is -0.835. The molecule has 0 aromatic heterocycles. The second-order valence-corrected chi connectivity index (χ2v) is 8.80. The summed E-state index contributed by atoms with van der Waals surface area (Å²) < 4.78 is 16.3. The smallest absolute Gasteiger partial charge is 0.271 e. The van der Waals surface area contributed by atoms with Crippen LogP contribution in [0.5, 0.6) is 17.2 Å². The number of methoxy groups -OCH3 is 3. The van der Waals surface area contributed by atoms with Gasteiger partial charge in [0.25, 0.3) is 11.6 Å². The number of ether oxygens (including phenoxy) is 3. The number of rotatable bonds is 6. The summed E-state index contributed by atoms with van der Waals surface area (Å²) in [4.78, 5) is 40.3. The molecule has 0 unspecified atom stereocenters. The summed E-state index contributed by atoms with van der Waals surface area (Å²) in [6, 6.07) is 14.4. The van der Waals surface area contributed by atoms with E-state index < -0.39 is 22.8 Å². The number of carbonyl (C=O) groups excluding carboxylic acids is 2. The summed E-state index contributed by atoms with van der Waals surface area (Å²) in [6.45, 7) is 0.443. The molecular formula is C27H25N3O7. The standard InChI is InChI=1S/C27H25N3O7/c1-35-21-9-8-16(30(33)34)12-20(21)28-26(31)24-18-13-22(36-2)23(37-3)14-19(18)27(32)29-11-10-15-6-4-5-7-17(15)25(24)29/h4-9,12-14,24-25H,10-11H2,1-3H3,(H,28,31)/t24-,25+/m0/s1. The minimum absolute atomic E-state index is 0.163. The predicted molar refractivity (Wildman–Crippen MR) is 134 cm³/mol. The van der Waals surface area contributed by atoms with Gasteiger partial charge < -0.3 is 24.4 Å². The maximum atomic E-state index is 14.1. The lowest BCUT2D eigenvalue weighted by molar-refractivity contribution is -0.384. The number of benzene rings is 3. The van der Waals surface area contributed by atoms with Crippen molar-refractivity contribution >= 4 is 23.2 Å². The number of anilines is 1. The zero-order valence-electron chi connectivity index (χ0n) is 20.5. The fourth-order valence-corrected chi connectivity index (χ4v) is 5.25. The Hall–Kier alpha value is -4.60. The van der Waals surface area contributed by atoms with Crippen LogP contribution in [0, 0.1) is 10.1 Å². The molecule has 0 aliphatic carbocycles. The van der Waals surface area contributed by atoms with Crippen LogP contribution in [-0.2, 0) is 11.2 Å². The van der Waals surface area contributed by atoms with Crippen molar-refractivity contribution in [2.24, 2.45) is 0 Å². The van der Waals surface area contributed by atoms with Crippen LogP contribution in [0.1, 0.15) is 39.0 Å². The number of fused-ring (bicyclic) bond motifs is 4. The van der Waals surface area contributed by atoms with E-state index in [1.165, 1.54) is 39.5 Å². The summed E-state index contributed by atoms with van der Waals surface area (Å²) in [5, 5.41) is 14.2. The van der Waals surface area contributed by atoms with E-state index in [0.717, 1.165) is 11.1 Å². The molecule has 1 N–H and O–H groups in total. The van der Waals surface area contributed by atoms with Crippen molar-refractivity contribution in [1.29, 1.82) is 0 Å². The average molecular weight is 504 g/mol. The van der Waals surface area contributed by atoms with Crippen LogP contribution in [0.2, 0.25) is 0 Å². The Bertz CT molecular complexity index is 1420. The maximum Gasteiger partial charge on any atom is 0.271 e. The number of nitro benzene ring substituents is 1. The highest BCUT2D eigenvalue weighted by atomic mass is 16.6. The van der Waals surface area contributed by atoms with Gasteiger partial charge in [0, 0.05) is 24.2 Å². The molecule has 0 spiro atoms. The molecule has 0 saturated heterocycles. The molecular weight excluding hydrogens is 478 g/mol. The normalized spacial score (nSPS) is 17.7. The molecule has 0 saturated carbocycles. The van der Waals surface area contributed by atoms with Crippen molar-refractivity contribution in [2.45, 2.75) is 18.4 Å². The van der Waals surface area contributed by atoms with Gasteiger partial charge in [0.15, 0.2) is 11.5 Å². The van der Waals surface area contributed by atoms with Crippen LogP contribution >= 0.6 is 0 Å². The monoisotopic (exact) mass is 503 g/mol. The lowest BCUT2D eigenvalue weighted by Crippen LogP contribution is -2.49. The van der Waals surface area contributed by atoms with Crippen LogP contribution in [0.25, 0.3) is 0 Å². The Kier molecular flexibility index (Phi) is 6.16. The highest BCUT2D eigenvalue weighted by Crippen LogP contribution is 2.49. The number of nitrogens with zero attached hydrogens (tertiary/aromatic N) is 2. The number of hydrogen-bond acceptors (Lipinski definition) is 7. The van der Waals surface area contributed by atoms with Crippen LogP contribution in [-0.4, -0.2) is 49.5 Å². The molecule has 3 aromatic rings. The average Bonchev–Trinajstić information content (AvgIpc) is 2.92. The molecule has 0 bridgehead atoms. The fraction of sp³-hybridized carbons (Fsp3) is 0.259. The lowest BCUT2D eigenvalue weighted by atomic mass is 9.75. The summed E-state index contributed by atoms with van der Waals surface area (Å²) in [6.07, 6.45) is 0.661. The van der Waals surface area contributed by atoms with Crippen molar-refractivity contribution in [3.63, 3.8) is 0 Å². The maximum absolute atomic E-state index is 14.1. The molecule has 2 aliphatic heterocycles. The van der Waals surface area contributed by atoms with Gasteiger partial charge in [0.1, 0.15) is 5.75 Å². The van der Waals surface area contributed by atoms with Crippen molar-refractivity contribution in [1.82, 2.24) is 4.90 Å². The molecule has 3 aromatic carbocycles. The largest absolute Gasteiger partial charge is 0.495 e. The van der Waals surface area contributed by atoms with Gasteiger partial charge in [-0.1, -0.05) is 24.3 Å². The van der Waals surface area contributed by atoms with E-state index in [0.29, 0.717) is 35.6 Å². The van der Waals surface area contributed by atoms with E-state index in [2.05, 4.69) is 5.32 Å². The third-order valence-electron chi connectivity index (χ3n) is 6.96. The Morgan fingerprint density at radius 3 is 2.38 bits per heavy atom. The number of nitrogens with one attached hydrogen (secondary N) is 1. The van der Waals surface area contributed by atoms with E-state index in [-0.39, 0.29) is 23.0 Å². The summed E-state index contributed by atoms with van der Waals surface area (Å²) in [5.41, 5.74) is 2.75. The Balaban J connectivity index is 1.68. The first-order chi connectivity index (χ1) is 17.9. The van der Waals surface area contributed by atoms with Crippen molar-refractivity contribution in [3.05, 3.63) is 87.0 Å². The van der Waals surface area contributed by atoms with Crippen LogP contribution in [0.4, 0.5) is 11.4 Å². The Morgan fingerprint density at radius 1 is 0.973 bits per heavy atom. The highest BCUT2D eigenvalue weighted by Gasteiger charge is 2.47. The zero-order chi connectivity index (χ0) is 26.3. The first-order valence-corrected chi connectivity index (χ1v) is 11.7. The van der Waals surface area contributed by atoms with Crippen LogP contribution in [0.3, 0.4) is 0 Å². The number of non-ortho nitro benzene ring substituents is 1. The molecule has 10 nitrogen and oxygen atoms in total. The van der Waals surface area contributed by atoms with Gasteiger partial charge in [0.2, 0.25) is 5.91 Å². The molecule has 37 heavy (non-hydrogen) atoms. The molecule has 190 valence electrons. The van der Waals surface area contributed by atoms with Gasteiger partial charge in [-0.25, -0.2) is 0 Å². The summed E-state index contributed by atoms with van der Waals surface area (Å²) in [7, 11) is 4.39. The van der Waals surface area contributed by atoms with Gasteiger partial charge in [-0.05, 0) is 41.3 Å². The topological polar surface area (TPSA) is 120 Å². The molecule has 10 heteroatoms. The molecule has 2 heterocycles. The zero-order valence-corrected chi connectivity index (χ0v) is 20.5. The predicted octanol–water partition coefficient (Wildman–Crippen LogP) is 4.10. The summed E-state index contributed by atoms with van der Waals surface area (Å²) in [5.74, 6) is -0.432. The SMILES string of the molecule is COc1ccc([N+](=O)[O-])cc1NC(=O)[C@H]1c2cc(OC)c(OC)cc2C(=O)N2CCc3ccccc3[C@H]12. The van der Waals surface area contributed by atoms with E-state index in [1.54, 1.807) is 17.0 Å². The quantitative estimate of drug-likeness (QED) is 0.397. The Morgan fingerprint density at radius 2 is 1.68 bits per heavy atom. The van der Waals surface area contributed by atoms with Gasteiger partial charge >= 0.3 is 0 Å². The number of carbonyl (C=O) groups is 2. The minimum Gasteiger partial charge on any atom is -0.495 e. The first kappa shape index (κ1) is 24.1. The molecule has 2 amide bonds. The van der Waals surface area contributed by atoms with Crippen molar-refractivity contribution < 1.29 is 28.7 Å². The number of nitro groups is 1. The Labute approximate surface area is 212 Å². The lowest BCUT2D eigenvalue weighted by Gasteiger charge is -2.45.